The number of carbonyl (C=O) groups is 2. The summed E-state index contributed by atoms with van der Waals surface area (Å²) in [5.41, 5.74) is -0.232. The average Bonchev–Trinajstić information content (AvgIpc) is 2.52. The van der Waals surface area contributed by atoms with Crippen LogP contribution in [0.25, 0.3) is 0 Å². The molecule has 1 N–H and O–H groups in total. The number of nitrogens with zero attached hydrogens (tertiary/aromatic N) is 2. The highest BCUT2D eigenvalue weighted by atomic mass is 16.6. The van der Waals surface area contributed by atoms with E-state index >= 15 is 0 Å². The van der Waals surface area contributed by atoms with Crippen molar-refractivity contribution in [3.8, 4) is 5.75 Å². The third-order valence-electron chi connectivity index (χ3n) is 3.37. The first-order valence-electron chi connectivity index (χ1n) is 6.94. The largest absolute Gasteiger partial charge is 0.481 e. The Hall–Kier alpha value is -2.68. The molecule has 2 rings (SSSR count). The molecule has 1 aliphatic rings. The molecule has 1 amide bonds. The fourth-order valence-electron chi connectivity index (χ4n) is 2.31. The quantitative estimate of drug-likeness (QED) is 0.603. The number of nitro benzene ring substituents is 1. The zero-order chi connectivity index (χ0) is 16.8. The van der Waals surface area contributed by atoms with Crippen LogP contribution in [0, 0.1) is 10.1 Å². The van der Waals surface area contributed by atoms with Gasteiger partial charge in [-0.05, 0) is 6.07 Å². The first kappa shape index (κ1) is 16.7. The van der Waals surface area contributed by atoms with Gasteiger partial charge in [0.2, 0.25) is 0 Å². The van der Waals surface area contributed by atoms with Gasteiger partial charge in [0.25, 0.3) is 5.91 Å². The lowest BCUT2D eigenvalue weighted by Gasteiger charge is -2.34. The highest BCUT2D eigenvalue weighted by molar-refractivity contribution is 5.79. The lowest BCUT2D eigenvalue weighted by Crippen LogP contribution is -2.51. The first-order chi connectivity index (χ1) is 11.0. The molecule has 9 heteroatoms. The van der Waals surface area contributed by atoms with Crippen LogP contribution in [-0.4, -0.2) is 59.2 Å². The first-order valence-corrected chi connectivity index (χ1v) is 6.94. The molecule has 0 spiro atoms. The maximum atomic E-state index is 12.2. The number of rotatable bonds is 6. The molecule has 0 aromatic heterocycles. The van der Waals surface area contributed by atoms with Gasteiger partial charge in [0, 0.05) is 12.6 Å². The number of hydrogen-bond acceptors (Lipinski definition) is 6. The Bertz CT molecular complexity index is 605. The van der Waals surface area contributed by atoms with E-state index in [0.717, 1.165) is 0 Å². The molecular weight excluding hydrogens is 308 g/mol. The molecular formula is C14H16N2O7. The number of ether oxygens (including phenoxy) is 2. The van der Waals surface area contributed by atoms with Crippen molar-refractivity contribution in [2.24, 2.45) is 0 Å². The van der Waals surface area contributed by atoms with Crippen LogP contribution in [0.15, 0.2) is 24.3 Å². The van der Waals surface area contributed by atoms with Crippen molar-refractivity contribution < 1.29 is 29.1 Å². The van der Waals surface area contributed by atoms with E-state index in [1.807, 2.05) is 0 Å². The number of nitro groups is 1. The van der Waals surface area contributed by atoms with Crippen LogP contribution >= 0.6 is 0 Å². The van der Waals surface area contributed by atoms with Gasteiger partial charge in [0.15, 0.2) is 12.4 Å². The third kappa shape index (κ3) is 4.39. The van der Waals surface area contributed by atoms with Crippen molar-refractivity contribution in [3.05, 3.63) is 34.4 Å². The second-order valence-electron chi connectivity index (χ2n) is 4.93. The Morgan fingerprint density at radius 1 is 1.43 bits per heavy atom. The Kier molecular flexibility index (Phi) is 5.47. The van der Waals surface area contributed by atoms with Crippen LogP contribution in [0.3, 0.4) is 0 Å². The van der Waals surface area contributed by atoms with Crippen LogP contribution in [-0.2, 0) is 14.3 Å². The summed E-state index contributed by atoms with van der Waals surface area (Å²) in [7, 11) is 0. The van der Waals surface area contributed by atoms with E-state index in [1.54, 1.807) is 6.07 Å². The molecule has 9 nitrogen and oxygen atoms in total. The molecule has 1 saturated heterocycles. The summed E-state index contributed by atoms with van der Waals surface area (Å²) in [6, 6.07) is 5.18. The second kappa shape index (κ2) is 7.54. The topological polar surface area (TPSA) is 119 Å². The van der Waals surface area contributed by atoms with Crippen molar-refractivity contribution in [1.82, 2.24) is 4.90 Å². The molecule has 0 radical (unpaired) electrons. The van der Waals surface area contributed by atoms with Crippen LogP contribution in [0.2, 0.25) is 0 Å². The van der Waals surface area contributed by atoms with E-state index < -0.39 is 29.4 Å². The number of hydrogen-bond donors (Lipinski definition) is 1. The summed E-state index contributed by atoms with van der Waals surface area (Å²) < 4.78 is 10.4. The lowest BCUT2D eigenvalue weighted by molar-refractivity contribution is -0.385. The second-order valence-corrected chi connectivity index (χ2v) is 4.93. The van der Waals surface area contributed by atoms with Gasteiger partial charge in [0.1, 0.15) is 0 Å². The van der Waals surface area contributed by atoms with Gasteiger partial charge in [-0.1, -0.05) is 12.1 Å². The van der Waals surface area contributed by atoms with Gasteiger partial charge < -0.3 is 19.5 Å². The minimum absolute atomic E-state index is 0.00565. The Balaban J connectivity index is 2.01. The van der Waals surface area contributed by atoms with Crippen molar-refractivity contribution in [3.63, 3.8) is 0 Å². The normalized spacial score (nSPS) is 17.6. The molecule has 0 aliphatic carbocycles. The minimum Gasteiger partial charge on any atom is -0.481 e. The van der Waals surface area contributed by atoms with Gasteiger partial charge in [-0.3, -0.25) is 19.7 Å². The number of para-hydroxylation sites is 2. The molecule has 1 fully saturated rings. The van der Waals surface area contributed by atoms with Crippen LogP contribution in [0.1, 0.15) is 6.42 Å². The molecule has 1 atom stereocenters. The number of aliphatic carboxylic acids is 1. The summed E-state index contributed by atoms with van der Waals surface area (Å²) in [6.07, 6.45) is -0.225. The highest BCUT2D eigenvalue weighted by Gasteiger charge is 2.29. The van der Waals surface area contributed by atoms with E-state index in [2.05, 4.69) is 0 Å². The number of amides is 1. The zero-order valence-electron chi connectivity index (χ0n) is 12.2. The van der Waals surface area contributed by atoms with E-state index in [-0.39, 0.29) is 31.0 Å². The molecule has 0 saturated carbocycles. The summed E-state index contributed by atoms with van der Waals surface area (Å²) in [6.45, 7) is 0.314. The molecule has 1 aliphatic heterocycles. The summed E-state index contributed by atoms with van der Waals surface area (Å²) in [5, 5.41) is 19.8. The summed E-state index contributed by atoms with van der Waals surface area (Å²) in [4.78, 5) is 34.7. The van der Waals surface area contributed by atoms with Crippen molar-refractivity contribution in [2.75, 3.05) is 26.4 Å². The summed E-state index contributed by atoms with van der Waals surface area (Å²) in [5.74, 6) is -1.47. The predicted octanol–water partition coefficient (Wildman–Crippen LogP) is 0.676. The number of carboxylic acid groups (broad SMARTS) is 1. The summed E-state index contributed by atoms with van der Waals surface area (Å²) >= 11 is 0. The molecule has 0 bridgehead atoms. The highest BCUT2D eigenvalue weighted by Crippen LogP contribution is 2.25. The van der Waals surface area contributed by atoms with E-state index in [9.17, 15) is 19.7 Å². The molecule has 1 heterocycles. The average molecular weight is 324 g/mol. The third-order valence-corrected chi connectivity index (χ3v) is 3.37. The molecule has 1 aromatic rings. The molecule has 124 valence electrons. The maximum Gasteiger partial charge on any atom is 0.310 e. The Morgan fingerprint density at radius 3 is 2.87 bits per heavy atom. The van der Waals surface area contributed by atoms with Crippen LogP contribution in [0.4, 0.5) is 5.69 Å². The van der Waals surface area contributed by atoms with Crippen molar-refractivity contribution in [1.29, 1.82) is 0 Å². The van der Waals surface area contributed by atoms with Gasteiger partial charge in [-0.15, -0.1) is 0 Å². The van der Waals surface area contributed by atoms with Gasteiger partial charge in [-0.2, -0.15) is 0 Å². The molecule has 1 aromatic carbocycles. The zero-order valence-corrected chi connectivity index (χ0v) is 12.2. The van der Waals surface area contributed by atoms with Crippen LogP contribution < -0.4 is 4.74 Å². The minimum atomic E-state index is -1.03. The Labute approximate surface area is 131 Å². The number of benzene rings is 1. The maximum absolute atomic E-state index is 12.2. The SMILES string of the molecule is O=C(O)CC1COCCN1C(=O)COc1ccccc1[N+](=O)[O-]. The van der Waals surface area contributed by atoms with Gasteiger partial charge in [0.05, 0.1) is 30.6 Å². The van der Waals surface area contributed by atoms with Crippen molar-refractivity contribution >= 4 is 17.6 Å². The molecule has 1 unspecified atom stereocenters. The number of morpholine rings is 1. The van der Waals surface area contributed by atoms with Crippen LogP contribution in [0.5, 0.6) is 5.75 Å². The van der Waals surface area contributed by atoms with Gasteiger partial charge in [-0.25, -0.2) is 0 Å². The van der Waals surface area contributed by atoms with E-state index in [1.165, 1.54) is 23.1 Å². The monoisotopic (exact) mass is 324 g/mol. The van der Waals surface area contributed by atoms with Crippen molar-refractivity contribution in [2.45, 2.75) is 12.5 Å². The van der Waals surface area contributed by atoms with Gasteiger partial charge >= 0.3 is 11.7 Å². The van der Waals surface area contributed by atoms with E-state index in [4.69, 9.17) is 14.6 Å². The lowest BCUT2D eigenvalue weighted by atomic mass is 10.1. The Morgan fingerprint density at radius 2 is 2.17 bits per heavy atom. The fraction of sp³-hybridized carbons (Fsp3) is 0.429. The predicted molar refractivity (Wildman–Crippen MR) is 77.2 cm³/mol. The number of carboxylic acids is 1. The number of carbonyl (C=O) groups excluding carboxylic acids is 1. The van der Waals surface area contributed by atoms with E-state index in [0.29, 0.717) is 6.61 Å². The molecule has 23 heavy (non-hydrogen) atoms. The smallest absolute Gasteiger partial charge is 0.310 e. The standard InChI is InChI=1S/C14H16N2O7/c17-13(15-5-6-22-8-10(15)7-14(18)19)9-23-12-4-2-1-3-11(12)16(20)21/h1-4,10H,5-9H2,(H,18,19). The fourth-order valence-corrected chi connectivity index (χ4v) is 2.31.